The fourth-order valence-electron chi connectivity index (χ4n) is 2.19. The molecule has 1 fully saturated rings. The van der Waals surface area contributed by atoms with Gasteiger partial charge in [-0.3, -0.25) is 4.90 Å². The van der Waals surface area contributed by atoms with E-state index in [1.807, 2.05) is 0 Å². The van der Waals surface area contributed by atoms with Gasteiger partial charge in [0, 0.05) is 24.5 Å². The molecule has 0 amide bonds. The zero-order chi connectivity index (χ0) is 11.1. The third-order valence-electron chi connectivity index (χ3n) is 2.96. The maximum Gasteiger partial charge on any atom is 0.0919 e. The summed E-state index contributed by atoms with van der Waals surface area (Å²) < 4.78 is 0. The minimum absolute atomic E-state index is 0.757. The van der Waals surface area contributed by atoms with Crippen molar-refractivity contribution in [2.45, 2.75) is 52.1 Å². The molecule has 1 saturated heterocycles. The smallest absolute Gasteiger partial charge is 0.0919 e. The highest BCUT2D eigenvalue weighted by atomic mass is 15.2. The Morgan fingerprint density at radius 2 is 2.33 bits per heavy atom. The Morgan fingerprint density at radius 3 is 2.67 bits per heavy atom. The van der Waals surface area contributed by atoms with Crippen LogP contribution in [-0.2, 0) is 0 Å². The highest BCUT2D eigenvalue weighted by Gasteiger charge is 2.24. The lowest BCUT2D eigenvalue weighted by molar-refractivity contribution is 0.199. The molecule has 3 heteroatoms. The number of hydrogen-bond donors (Lipinski definition) is 1. The summed E-state index contributed by atoms with van der Waals surface area (Å²) in [5, 5.41) is 0. The second-order valence-corrected chi connectivity index (χ2v) is 4.30. The van der Waals surface area contributed by atoms with Crippen LogP contribution in [0.25, 0.3) is 0 Å². The highest BCUT2D eigenvalue weighted by molar-refractivity contribution is 4.79. The van der Waals surface area contributed by atoms with Crippen LogP contribution in [0.5, 0.6) is 0 Å². The second-order valence-electron chi connectivity index (χ2n) is 4.30. The molecule has 1 aliphatic rings. The number of H-pyrrole nitrogens is 1. The first kappa shape index (κ1) is 12.2. The number of likely N-dealkylation sites (tertiary alicyclic amines) is 1. The van der Waals surface area contributed by atoms with E-state index < -0.39 is 0 Å². The van der Waals surface area contributed by atoms with Crippen LogP contribution in [0, 0.1) is 0 Å². The van der Waals surface area contributed by atoms with Gasteiger partial charge in [0.2, 0.25) is 0 Å². The van der Waals surface area contributed by atoms with Crippen molar-refractivity contribution in [3.8, 4) is 0 Å². The van der Waals surface area contributed by atoms with Crippen molar-refractivity contribution in [3.63, 3.8) is 0 Å². The van der Waals surface area contributed by atoms with Gasteiger partial charge in [0.1, 0.15) is 0 Å². The Morgan fingerprint density at radius 1 is 1.53 bits per heavy atom. The molecule has 1 N–H and O–H groups in total. The van der Waals surface area contributed by atoms with Crippen molar-refractivity contribution in [2.75, 3.05) is 6.54 Å². The average Bonchev–Trinajstić information content (AvgIpc) is 2.92. The summed E-state index contributed by atoms with van der Waals surface area (Å²) in [4.78, 5) is 9.04. The summed E-state index contributed by atoms with van der Waals surface area (Å²) in [7, 11) is 0. The van der Waals surface area contributed by atoms with Crippen molar-refractivity contribution >= 4 is 0 Å². The summed E-state index contributed by atoms with van der Waals surface area (Å²) in [6.07, 6.45) is 9.25. The van der Waals surface area contributed by atoms with Crippen molar-refractivity contribution in [1.82, 2.24) is 14.9 Å². The van der Waals surface area contributed by atoms with Crippen LogP contribution < -0.4 is 0 Å². The molecule has 86 valence electrons. The predicted molar refractivity (Wildman–Crippen MR) is 63.7 cm³/mol. The van der Waals surface area contributed by atoms with Crippen LogP contribution in [0.2, 0.25) is 0 Å². The Bertz CT molecular complexity index is 214. The average molecular weight is 209 g/mol. The first-order chi connectivity index (χ1) is 7.25. The number of hydrogen-bond acceptors (Lipinski definition) is 2. The van der Waals surface area contributed by atoms with E-state index >= 15 is 0 Å². The van der Waals surface area contributed by atoms with Crippen LogP contribution in [0.4, 0.5) is 0 Å². The van der Waals surface area contributed by atoms with E-state index in [1.165, 1.54) is 25.8 Å². The maximum atomic E-state index is 3.67. The van der Waals surface area contributed by atoms with Crippen molar-refractivity contribution in [1.29, 1.82) is 0 Å². The Labute approximate surface area is 92.9 Å². The standard InChI is InChI=1S/C9H19N.C3H4N2/c1-4-9-6-5-7-10(9)8(2)3;1-2-5-3-4-1/h8-9H,4-7H2,1-3H3;1-3H,(H,4,5)/t9-;/m0./s1. The summed E-state index contributed by atoms with van der Waals surface area (Å²) in [6, 6.07) is 1.65. The molecule has 1 aliphatic heterocycles. The van der Waals surface area contributed by atoms with E-state index in [-0.39, 0.29) is 0 Å². The Hall–Kier alpha value is -0.830. The van der Waals surface area contributed by atoms with E-state index in [1.54, 1.807) is 18.7 Å². The minimum Gasteiger partial charge on any atom is -0.351 e. The second kappa shape index (κ2) is 6.62. The lowest BCUT2D eigenvalue weighted by Crippen LogP contribution is -2.34. The van der Waals surface area contributed by atoms with E-state index in [4.69, 9.17) is 0 Å². The van der Waals surface area contributed by atoms with Crippen LogP contribution in [0.3, 0.4) is 0 Å². The fraction of sp³-hybridized carbons (Fsp3) is 0.750. The van der Waals surface area contributed by atoms with Crippen molar-refractivity contribution in [2.24, 2.45) is 0 Å². The maximum absolute atomic E-state index is 3.67. The quantitative estimate of drug-likeness (QED) is 0.812. The number of nitrogens with one attached hydrogen (secondary N) is 1. The zero-order valence-corrected chi connectivity index (χ0v) is 10.1. The molecule has 15 heavy (non-hydrogen) atoms. The van der Waals surface area contributed by atoms with Gasteiger partial charge in [-0.05, 0) is 39.7 Å². The van der Waals surface area contributed by atoms with Crippen LogP contribution >= 0.6 is 0 Å². The number of imidazole rings is 1. The first-order valence-electron chi connectivity index (χ1n) is 5.94. The summed E-state index contributed by atoms with van der Waals surface area (Å²) >= 11 is 0. The number of nitrogens with zero attached hydrogens (tertiary/aromatic N) is 2. The molecule has 0 aromatic carbocycles. The topological polar surface area (TPSA) is 31.9 Å². The van der Waals surface area contributed by atoms with E-state index in [0.29, 0.717) is 0 Å². The van der Waals surface area contributed by atoms with Gasteiger partial charge in [0.05, 0.1) is 6.33 Å². The predicted octanol–water partition coefficient (Wildman–Crippen LogP) is 2.68. The molecule has 0 unspecified atom stereocenters. The number of aromatic nitrogens is 2. The molecule has 0 aliphatic carbocycles. The molecule has 0 radical (unpaired) electrons. The lowest BCUT2D eigenvalue weighted by atomic mass is 10.1. The van der Waals surface area contributed by atoms with Crippen molar-refractivity contribution in [3.05, 3.63) is 18.7 Å². The molecule has 2 heterocycles. The third-order valence-corrected chi connectivity index (χ3v) is 2.96. The SMILES string of the molecule is CC[C@H]1CCCN1C(C)C.c1c[nH]cn1. The van der Waals surface area contributed by atoms with Gasteiger partial charge >= 0.3 is 0 Å². The molecule has 2 rings (SSSR count). The van der Waals surface area contributed by atoms with Gasteiger partial charge < -0.3 is 4.98 Å². The van der Waals surface area contributed by atoms with Crippen molar-refractivity contribution < 1.29 is 0 Å². The van der Waals surface area contributed by atoms with Gasteiger partial charge in [0.15, 0.2) is 0 Å². The van der Waals surface area contributed by atoms with E-state index in [2.05, 4.69) is 35.6 Å². The summed E-state index contributed by atoms with van der Waals surface area (Å²) in [6.45, 7) is 8.23. The normalized spacial score (nSPS) is 21.5. The molecule has 1 aromatic heterocycles. The summed E-state index contributed by atoms with van der Waals surface area (Å²) in [5.41, 5.74) is 0. The van der Waals surface area contributed by atoms with Crippen LogP contribution in [-0.4, -0.2) is 33.5 Å². The van der Waals surface area contributed by atoms with Crippen LogP contribution in [0.1, 0.15) is 40.0 Å². The van der Waals surface area contributed by atoms with Gasteiger partial charge in [-0.2, -0.15) is 0 Å². The highest BCUT2D eigenvalue weighted by Crippen LogP contribution is 2.21. The van der Waals surface area contributed by atoms with Crippen LogP contribution in [0.15, 0.2) is 18.7 Å². The van der Waals surface area contributed by atoms with Gasteiger partial charge in [-0.25, -0.2) is 4.98 Å². The minimum atomic E-state index is 0.757. The largest absolute Gasteiger partial charge is 0.351 e. The summed E-state index contributed by atoms with van der Waals surface area (Å²) in [5.74, 6) is 0. The lowest BCUT2D eigenvalue weighted by Gasteiger charge is -2.27. The zero-order valence-electron chi connectivity index (χ0n) is 10.1. The molecule has 1 aromatic rings. The molecular weight excluding hydrogens is 186 g/mol. The molecule has 0 saturated carbocycles. The molecule has 3 nitrogen and oxygen atoms in total. The van der Waals surface area contributed by atoms with Gasteiger partial charge in [-0.1, -0.05) is 6.92 Å². The third kappa shape index (κ3) is 4.04. The number of rotatable bonds is 2. The monoisotopic (exact) mass is 209 g/mol. The first-order valence-corrected chi connectivity index (χ1v) is 5.94. The van der Waals surface area contributed by atoms with Gasteiger partial charge in [-0.15, -0.1) is 0 Å². The van der Waals surface area contributed by atoms with Gasteiger partial charge in [0.25, 0.3) is 0 Å². The molecule has 1 atom stereocenters. The molecule has 0 spiro atoms. The Kier molecular flexibility index (Phi) is 5.40. The fourth-order valence-corrected chi connectivity index (χ4v) is 2.19. The molecule has 0 bridgehead atoms. The molecular formula is C12H23N3. The Balaban J connectivity index is 0.000000187. The van der Waals surface area contributed by atoms with E-state index in [9.17, 15) is 0 Å². The number of aromatic amines is 1. The van der Waals surface area contributed by atoms with E-state index in [0.717, 1.165) is 12.1 Å².